The number of benzene rings is 1. The van der Waals surface area contributed by atoms with E-state index in [2.05, 4.69) is 0 Å². The van der Waals surface area contributed by atoms with Gasteiger partial charge in [-0.1, -0.05) is 11.6 Å². The Hall–Kier alpha value is -2.92. The van der Waals surface area contributed by atoms with Crippen molar-refractivity contribution in [3.8, 4) is 5.75 Å². The second-order valence-corrected chi connectivity index (χ2v) is 9.48. The maximum Gasteiger partial charge on any atom is 0.255 e. The van der Waals surface area contributed by atoms with E-state index in [9.17, 15) is 39.9 Å². The van der Waals surface area contributed by atoms with Gasteiger partial charge in [0.2, 0.25) is 5.78 Å². The summed E-state index contributed by atoms with van der Waals surface area (Å²) in [5.74, 6) is -8.30. The number of hydrogen-bond donors (Lipinski definition) is 6. The van der Waals surface area contributed by atoms with Crippen LogP contribution in [-0.4, -0.2) is 73.6 Å². The summed E-state index contributed by atoms with van der Waals surface area (Å²) in [6.07, 6.45) is -0.259. The van der Waals surface area contributed by atoms with E-state index >= 15 is 0 Å². The molecule has 4 rings (SSSR count). The Morgan fingerprint density at radius 1 is 1.18 bits per heavy atom. The predicted molar refractivity (Wildman–Crippen MR) is 115 cm³/mol. The smallest absolute Gasteiger partial charge is 0.255 e. The number of phenols is 1. The van der Waals surface area contributed by atoms with Crippen LogP contribution in [0.25, 0.3) is 5.76 Å². The zero-order chi connectivity index (χ0) is 24.8. The van der Waals surface area contributed by atoms with Gasteiger partial charge in [-0.05, 0) is 39.6 Å². The summed E-state index contributed by atoms with van der Waals surface area (Å²) in [7, 11) is 2.97. The van der Waals surface area contributed by atoms with Gasteiger partial charge in [0.1, 0.15) is 22.8 Å². The molecule has 11 heteroatoms. The topological polar surface area (TPSA) is 182 Å². The van der Waals surface area contributed by atoms with Crippen LogP contribution >= 0.6 is 11.6 Å². The highest BCUT2D eigenvalue weighted by molar-refractivity contribution is 6.32. The van der Waals surface area contributed by atoms with E-state index in [0.717, 1.165) is 0 Å². The lowest BCUT2D eigenvalue weighted by Gasteiger charge is -2.53. The molecule has 0 aromatic heterocycles. The Morgan fingerprint density at radius 3 is 2.33 bits per heavy atom. The number of aliphatic hydroxyl groups is 4. The maximum atomic E-state index is 13.7. The third-order valence-corrected chi connectivity index (χ3v) is 7.39. The standard InChI is InChI=1S/C22H23ClN2O8/c1-21(32)7-6-8-15(25(2)3)17(28)13(20(24)31)19(30)22(8,33)18(29)11(7)16(27)12-10(26)5-4-9(23)14(12)21/h4-5,7-8,15,26-27,30,32-33H,6H2,1-3H3,(H2,24,31)/t7-,8-,15-,21-,22-/m1/s1. The molecule has 1 amide bonds. The summed E-state index contributed by atoms with van der Waals surface area (Å²) in [5, 5.41) is 55.2. The third kappa shape index (κ3) is 2.75. The van der Waals surface area contributed by atoms with Crippen LogP contribution in [0.3, 0.4) is 0 Å². The molecule has 33 heavy (non-hydrogen) atoms. The van der Waals surface area contributed by atoms with Crippen molar-refractivity contribution in [1.29, 1.82) is 0 Å². The Labute approximate surface area is 193 Å². The van der Waals surface area contributed by atoms with E-state index in [1.54, 1.807) is 0 Å². The monoisotopic (exact) mass is 478 g/mol. The Morgan fingerprint density at radius 2 is 1.79 bits per heavy atom. The number of halogens is 1. The molecule has 0 aliphatic heterocycles. The zero-order valence-corrected chi connectivity index (χ0v) is 18.7. The number of ketones is 2. The van der Waals surface area contributed by atoms with Gasteiger partial charge in [-0.2, -0.15) is 0 Å². The summed E-state index contributed by atoms with van der Waals surface area (Å²) >= 11 is 6.28. The van der Waals surface area contributed by atoms with E-state index in [0.29, 0.717) is 0 Å². The number of carbonyl (C=O) groups is 3. The van der Waals surface area contributed by atoms with Crippen molar-refractivity contribution >= 4 is 34.8 Å². The maximum absolute atomic E-state index is 13.7. The van der Waals surface area contributed by atoms with Crippen LogP contribution in [-0.2, 0) is 20.0 Å². The molecule has 1 aromatic carbocycles. The number of aromatic hydroxyl groups is 1. The number of primary amides is 1. The molecule has 3 aliphatic carbocycles. The average Bonchev–Trinajstić information content (AvgIpc) is 2.69. The fraction of sp³-hybridized carbons (Fsp3) is 0.409. The summed E-state index contributed by atoms with van der Waals surface area (Å²) < 4.78 is 0. The Bertz CT molecular complexity index is 1200. The van der Waals surface area contributed by atoms with Crippen LogP contribution in [0.5, 0.6) is 5.75 Å². The molecule has 7 N–H and O–H groups in total. The van der Waals surface area contributed by atoms with Gasteiger partial charge in [0.15, 0.2) is 11.4 Å². The molecule has 5 atom stereocenters. The predicted octanol–water partition coefficient (Wildman–Crippen LogP) is 0.282. The number of nitrogens with two attached hydrogens (primary N) is 1. The number of amides is 1. The number of phenolic OH excluding ortho intramolecular Hbond substituents is 1. The highest BCUT2D eigenvalue weighted by Gasteiger charge is 2.66. The Balaban J connectivity index is 2.07. The molecule has 1 aromatic rings. The summed E-state index contributed by atoms with van der Waals surface area (Å²) in [6.45, 7) is 1.34. The van der Waals surface area contributed by atoms with Crippen LogP contribution in [0.4, 0.5) is 0 Å². The second-order valence-electron chi connectivity index (χ2n) is 9.08. The molecule has 10 nitrogen and oxygen atoms in total. The van der Waals surface area contributed by atoms with Crippen molar-refractivity contribution < 1.29 is 39.9 Å². The van der Waals surface area contributed by atoms with Gasteiger partial charge in [-0.25, -0.2) is 0 Å². The van der Waals surface area contributed by atoms with Crippen LogP contribution < -0.4 is 5.73 Å². The van der Waals surface area contributed by atoms with Crippen molar-refractivity contribution in [3.63, 3.8) is 0 Å². The van der Waals surface area contributed by atoms with Crippen molar-refractivity contribution in [2.24, 2.45) is 17.6 Å². The van der Waals surface area contributed by atoms with Gasteiger partial charge in [-0.15, -0.1) is 0 Å². The first-order valence-corrected chi connectivity index (χ1v) is 10.5. The lowest BCUT2D eigenvalue weighted by molar-refractivity contribution is -0.159. The number of nitrogens with zero attached hydrogens (tertiary/aromatic N) is 1. The highest BCUT2D eigenvalue weighted by atomic mass is 35.5. The first-order chi connectivity index (χ1) is 15.2. The van der Waals surface area contributed by atoms with Gasteiger partial charge < -0.3 is 31.3 Å². The normalized spacial score (nSPS) is 33.7. The van der Waals surface area contributed by atoms with Crippen LogP contribution in [0.1, 0.15) is 24.5 Å². The van der Waals surface area contributed by atoms with Crippen molar-refractivity contribution in [2.45, 2.75) is 30.6 Å². The second kappa shape index (κ2) is 7.04. The first-order valence-electron chi connectivity index (χ1n) is 10.1. The molecular formula is C22H23ClN2O8. The minimum absolute atomic E-state index is 0.0187. The number of Topliss-reactive ketones (excluding diaryl/α,β-unsaturated/α-hetero) is 2. The average molecular weight is 479 g/mol. The minimum Gasteiger partial charge on any atom is -0.508 e. The minimum atomic E-state index is -2.78. The molecule has 0 radical (unpaired) electrons. The highest BCUT2D eigenvalue weighted by Crippen LogP contribution is 2.58. The van der Waals surface area contributed by atoms with Gasteiger partial charge in [0.05, 0.1) is 17.2 Å². The van der Waals surface area contributed by atoms with E-state index < -0.39 is 75.0 Å². The number of carbonyl (C=O) groups excluding carboxylic acids is 3. The molecule has 176 valence electrons. The fourth-order valence-corrected chi connectivity index (χ4v) is 5.93. The van der Waals surface area contributed by atoms with Crippen molar-refractivity contribution in [1.82, 2.24) is 4.90 Å². The number of rotatable bonds is 2. The molecule has 0 saturated heterocycles. The first kappa shape index (κ1) is 23.2. The number of likely N-dealkylation sites (N-methyl/N-ethyl adjacent to an activating group) is 1. The molecule has 0 spiro atoms. The molecular weight excluding hydrogens is 456 g/mol. The SMILES string of the molecule is CN(C)[C@H]1C(=O)C(C(N)=O)=C(O)[C@]2(O)C(=O)C3=C(O)c4c(O)ccc(Cl)c4[C@](C)(O)[C@@H]3C[C@H]12. The van der Waals surface area contributed by atoms with E-state index in [1.807, 2.05) is 0 Å². The molecule has 0 bridgehead atoms. The third-order valence-electron chi connectivity index (χ3n) is 7.07. The van der Waals surface area contributed by atoms with E-state index in [1.165, 1.54) is 38.1 Å². The van der Waals surface area contributed by atoms with Crippen LogP contribution in [0.2, 0.25) is 5.02 Å². The van der Waals surface area contributed by atoms with E-state index in [4.69, 9.17) is 17.3 Å². The summed E-state index contributed by atoms with van der Waals surface area (Å²) in [6, 6.07) is 1.24. The summed E-state index contributed by atoms with van der Waals surface area (Å²) in [5.41, 5.74) is -1.10. The number of hydrogen-bond acceptors (Lipinski definition) is 9. The Kier molecular flexibility index (Phi) is 4.96. The number of fused-ring (bicyclic) bond motifs is 3. The van der Waals surface area contributed by atoms with Crippen LogP contribution in [0, 0.1) is 11.8 Å². The molecule has 3 aliphatic rings. The number of aliphatic hydroxyl groups excluding tert-OH is 2. The van der Waals surface area contributed by atoms with Crippen molar-refractivity contribution in [2.75, 3.05) is 14.1 Å². The molecule has 1 saturated carbocycles. The van der Waals surface area contributed by atoms with Crippen LogP contribution in [0.15, 0.2) is 29.0 Å². The fourth-order valence-electron chi connectivity index (χ4n) is 5.58. The lowest BCUT2D eigenvalue weighted by Crippen LogP contribution is -2.67. The summed E-state index contributed by atoms with van der Waals surface area (Å²) in [4.78, 5) is 40.1. The van der Waals surface area contributed by atoms with E-state index in [-0.39, 0.29) is 22.6 Å². The quantitative estimate of drug-likeness (QED) is 0.325. The zero-order valence-electron chi connectivity index (χ0n) is 18.0. The van der Waals surface area contributed by atoms with Gasteiger partial charge in [0, 0.05) is 28.0 Å². The molecule has 1 fully saturated rings. The molecule has 0 unspecified atom stereocenters. The largest absolute Gasteiger partial charge is 0.508 e. The van der Waals surface area contributed by atoms with Gasteiger partial charge >= 0.3 is 0 Å². The molecule has 0 heterocycles. The van der Waals surface area contributed by atoms with Gasteiger partial charge in [-0.3, -0.25) is 19.3 Å². The van der Waals surface area contributed by atoms with Gasteiger partial charge in [0.25, 0.3) is 5.91 Å². The van der Waals surface area contributed by atoms with Crippen molar-refractivity contribution in [3.05, 3.63) is 45.2 Å². The lowest BCUT2D eigenvalue weighted by atomic mass is 9.54.